The van der Waals surface area contributed by atoms with E-state index in [-0.39, 0.29) is 0 Å². The predicted molar refractivity (Wildman–Crippen MR) is 76.0 cm³/mol. The summed E-state index contributed by atoms with van der Waals surface area (Å²) in [5.74, 6) is 1.05. The first-order valence-corrected chi connectivity index (χ1v) is 7.31. The summed E-state index contributed by atoms with van der Waals surface area (Å²) in [7, 11) is 0. The lowest BCUT2D eigenvalue weighted by Crippen LogP contribution is -2.46. The number of nitrogens with one attached hydrogen (secondary N) is 1. The number of ether oxygens (including phenoxy) is 1. The Kier molecular flexibility index (Phi) is 5.43. The molecular weight excluding hydrogens is 240 g/mol. The van der Waals surface area contributed by atoms with Gasteiger partial charge in [0, 0.05) is 24.7 Å². The van der Waals surface area contributed by atoms with Crippen molar-refractivity contribution in [1.29, 1.82) is 0 Å². The summed E-state index contributed by atoms with van der Waals surface area (Å²) in [6, 6.07) is 2.62. The van der Waals surface area contributed by atoms with Crippen LogP contribution in [0.4, 0.5) is 0 Å². The van der Waals surface area contributed by atoms with E-state index in [2.05, 4.69) is 37.1 Å². The van der Waals surface area contributed by atoms with Crippen LogP contribution in [0.3, 0.4) is 0 Å². The smallest absolute Gasteiger partial charge is 0.118 e. The SMILES string of the molecule is CCCNCc1coc(CN2CC(C)OCC2C)c1. The minimum absolute atomic E-state index is 0.317. The van der Waals surface area contributed by atoms with Crippen molar-refractivity contribution >= 4 is 0 Å². The minimum Gasteiger partial charge on any atom is -0.468 e. The van der Waals surface area contributed by atoms with Crippen LogP contribution in [-0.4, -0.2) is 36.7 Å². The van der Waals surface area contributed by atoms with Gasteiger partial charge in [-0.25, -0.2) is 0 Å². The maximum absolute atomic E-state index is 5.66. The van der Waals surface area contributed by atoms with Crippen molar-refractivity contribution in [2.75, 3.05) is 19.7 Å². The average Bonchev–Trinajstić information content (AvgIpc) is 2.82. The fraction of sp³-hybridized carbons (Fsp3) is 0.733. The van der Waals surface area contributed by atoms with E-state index in [1.54, 1.807) is 0 Å². The number of morpholine rings is 1. The number of nitrogens with zero attached hydrogens (tertiary/aromatic N) is 1. The van der Waals surface area contributed by atoms with Crippen molar-refractivity contribution in [2.24, 2.45) is 0 Å². The van der Waals surface area contributed by atoms with Gasteiger partial charge in [0.05, 0.1) is 25.5 Å². The summed E-state index contributed by atoms with van der Waals surface area (Å²) in [6.45, 7) is 11.1. The third-order valence-electron chi connectivity index (χ3n) is 3.56. The number of hydrogen-bond acceptors (Lipinski definition) is 4. The van der Waals surface area contributed by atoms with Gasteiger partial charge in [0.15, 0.2) is 0 Å². The Hall–Kier alpha value is -0.840. The average molecular weight is 266 g/mol. The topological polar surface area (TPSA) is 37.6 Å². The van der Waals surface area contributed by atoms with Gasteiger partial charge >= 0.3 is 0 Å². The first-order chi connectivity index (χ1) is 9.19. The molecule has 0 radical (unpaired) electrons. The fourth-order valence-corrected chi connectivity index (χ4v) is 2.40. The molecule has 1 fully saturated rings. The van der Waals surface area contributed by atoms with Crippen LogP contribution in [0.15, 0.2) is 16.7 Å². The summed E-state index contributed by atoms with van der Waals surface area (Å²) in [5, 5.41) is 3.39. The van der Waals surface area contributed by atoms with E-state index in [0.717, 1.165) is 45.0 Å². The number of hydrogen-bond donors (Lipinski definition) is 1. The van der Waals surface area contributed by atoms with Crippen LogP contribution in [0, 0.1) is 0 Å². The highest BCUT2D eigenvalue weighted by atomic mass is 16.5. The molecule has 1 aliphatic rings. The number of furan rings is 1. The van der Waals surface area contributed by atoms with E-state index >= 15 is 0 Å². The normalized spacial score (nSPS) is 24.8. The number of rotatable bonds is 6. The van der Waals surface area contributed by atoms with Gasteiger partial charge in [-0.2, -0.15) is 0 Å². The fourth-order valence-electron chi connectivity index (χ4n) is 2.40. The van der Waals surface area contributed by atoms with Gasteiger partial charge in [0.1, 0.15) is 5.76 Å². The van der Waals surface area contributed by atoms with Gasteiger partial charge < -0.3 is 14.5 Å². The molecule has 0 spiro atoms. The predicted octanol–water partition coefficient (Wildman–Crippen LogP) is 2.39. The van der Waals surface area contributed by atoms with Crippen LogP contribution >= 0.6 is 0 Å². The Morgan fingerprint density at radius 3 is 3.05 bits per heavy atom. The van der Waals surface area contributed by atoms with Crippen LogP contribution in [-0.2, 0) is 17.8 Å². The van der Waals surface area contributed by atoms with E-state index in [4.69, 9.17) is 9.15 Å². The molecule has 2 heterocycles. The van der Waals surface area contributed by atoms with Crippen molar-refractivity contribution in [3.05, 3.63) is 23.7 Å². The second-order valence-corrected chi connectivity index (χ2v) is 5.52. The van der Waals surface area contributed by atoms with E-state index in [9.17, 15) is 0 Å². The third kappa shape index (κ3) is 4.34. The van der Waals surface area contributed by atoms with Crippen LogP contribution in [0.1, 0.15) is 38.5 Å². The molecule has 19 heavy (non-hydrogen) atoms. The molecule has 1 aliphatic heterocycles. The zero-order chi connectivity index (χ0) is 13.7. The molecule has 1 saturated heterocycles. The van der Waals surface area contributed by atoms with Gasteiger partial charge in [0.25, 0.3) is 0 Å². The largest absolute Gasteiger partial charge is 0.468 e. The van der Waals surface area contributed by atoms with E-state index in [1.165, 1.54) is 5.56 Å². The van der Waals surface area contributed by atoms with Crippen molar-refractivity contribution in [2.45, 2.75) is 52.4 Å². The highest BCUT2D eigenvalue weighted by molar-refractivity contribution is 5.12. The zero-order valence-corrected chi connectivity index (χ0v) is 12.3. The van der Waals surface area contributed by atoms with Gasteiger partial charge in [-0.3, -0.25) is 4.90 Å². The molecule has 1 aromatic heterocycles. The molecule has 2 unspecified atom stereocenters. The van der Waals surface area contributed by atoms with Crippen molar-refractivity contribution < 1.29 is 9.15 Å². The van der Waals surface area contributed by atoms with E-state index < -0.39 is 0 Å². The quantitative estimate of drug-likeness (QED) is 0.802. The Morgan fingerprint density at radius 1 is 1.42 bits per heavy atom. The summed E-state index contributed by atoms with van der Waals surface area (Å²) >= 11 is 0. The third-order valence-corrected chi connectivity index (χ3v) is 3.56. The molecule has 0 bridgehead atoms. The second-order valence-electron chi connectivity index (χ2n) is 5.52. The molecule has 0 amide bonds. The Labute approximate surface area is 116 Å². The summed E-state index contributed by atoms with van der Waals surface area (Å²) < 4.78 is 11.3. The molecule has 1 N–H and O–H groups in total. The lowest BCUT2D eigenvalue weighted by atomic mass is 10.2. The summed E-state index contributed by atoms with van der Waals surface area (Å²) in [4.78, 5) is 2.43. The molecule has 0 aliphatic carbocycles. The summed E-state index contributed by atoms with van der Waals surface area (Å²) in [6.07, 6.45) is 3.34. The first-order valence-electron chi connectivity index (χ1n) is 7.31. The Bertz CT molecular complexity index is 378. The standard InChI is InChI=1S/C15H26N2O2/c1-4-5-16-7-14-6-15(19-11-14)9-17-8-13(3)18-10-12(17)2/h6,11-13,16H,4-5,7-10H2,1-3H3. The maximum Gasteiger partial charge on any atom is 0.118 e. The highest BCUT2D eigenvalue weighted by Gasteiger charge is 2.24. The summed E-state index contributed by atoms with van der Waals surface area (Å²) in [5.41, 5.74) is 1.23. The van der Waals surface area contributed by atoms with Gasteiger partial charge in [-0.05, 0) is 32.9 Å². The van der Waals surface area contributed by atoms with Crippen molar-refractivity contribution in [1.82, 2.24) is 10.2 Å². The zero-order valence-electron chi connectivity index (χ0n) is 12.3. The lowest BCUT2D eigenvalue weighted by Gasteiger charge is -2.36. The Morgan fingerprint density at radius 2 is 2.26 bits per heavy atom. The molecule has 4 nitrogen and oxygen atoms in total. The highest BCUT2D eigenvalue weighted by Crippen LogP contribution is 2.17. The van der Waals surface area contributed by atoms with Crippen LogP contribution in [0.5, 0.6) is 0 Å². The van der Waals surface area contributed by atoms with Crippen LogP contribution < -0.4 is 5.32 Å². The van der Waals surface area contributed by atoms with Gasteiger partial charge in [0.2, 0.25) is 0 Å². The molecule has 0 aromatic carbocycles. The van der Waals surface area contributed by atoms with Crippen molar-refractivity contribution in [3.8, 4) is 0 Å². The molecule has 2 atom stereocenters. The minimum atomic E-state index is 0.317. The Balaban J connectivity index is 1.84. The molecular formula is C15H26N2O2. The van der Waals surface area contributed by atoms with Gasteiger partial charge in [-0.15, -0.1) is 0 Å². The second kappa shape index (κ2) is 7.08. The monoisotopic (exact) mass is 266 g/mol. The molecule has 2 rings (SSSR count). The van der Waals surface area contributed by atoms with E-state index in [0.29, 0.717) is 12.1 Å². The molecule has 0 saturated carbocycles. The van der Waals surface area contributed by atoms with E-state index in [1.807, 2.05) is 6.26 Å². The maximum atomic E-state index is 5.66. The molecule has 4 heteroatoms. The molecule has 1 aromatic rings. The lowest BCUT2D eigenvalue weighted by molar-refractivity contribution is -0.0545. The molecule has 108 valence electrons. The van der Waals surface area contributed by atoms with Gasteiger partial charge in [-0.1, -0.05) is 6.92 Å². The first kappa shape index (κ1) is 14.6. The van der Waals surface area contributed by atoms with Crippen LogP contribution in [0.25, 0.3) is 0 Å². The van der Waals surface area contributed by atoms with Crippen molar-refractivity contribution in [3.63, 3.8) is 0 Å². The van der Waals surface area contributed by atoms with Crippen LogP contribution in [0.2, 0.25) is 0 Å².